The Morgan fingerprint density at radius 3 is 2.69 bits per heavy atom. The van der Waals surface area contributed by atoms with E-state index in [1.165, 1.54) is 18.9 Å². The number of nitrogens with one attached hydrogen (secondary N) is 2. The van der Waals surface area contributed by atoms with Crippen LogP contribution in [-0.4, -0.2) is 65.7 Å². The molecule has 1 aliphatic carbocycles. The molecule has 200 valence electrons. The van der Waals surface area contributed by atoms with Crippen molar-refractivity contribution in [1.29, 1.82) is 0 Å². The molecule has 2 fully saturated rings. The smallest absolute Gasteiger partial charge is 0.251 e. The molecule has 39 heavy (non-hydrogen) atoms. The number of aryl methyl sites for hydroxylation is 1. The lowest BCUT2D eigenvalue weighted by Gasteiger charge is -2.34. The fraction of sp³-hybridized carbons (Fsp3) is 0.321. The standard InChI is InChI=1S/C28H29N7O3S/c1-18-3-4-19(13-25(18)39(2,37)38)26(36)31-16-21-14-24-20(15-30-21)5-6-22(33-24)23-7-10-29-27(34-23)35-12-11-32-28(17-35)8-9-28/h3-7,10,13-15,32H,8-9,11-12,16-17H2,1-2H3,(H,31,36). The number of carbonyl (C=O) groups is 1. The third-order valence-electron chi connectivity index (χ3n) is 7.33. The van der Waals surface area contributed by atoms with Crippen LogP contribution in [0.3, 0.4) is 0 Å². The molecule has 1 amide bonds. The Bertz CT molecular complexity index is 1700. The van der Waals surface area contributed by atoms with Gasteiger partial charge in [-0.2, -0.15) is 0 Å². The molecule has 2 aliphatic rings. The summed E-state index contributed by atoms with van der Waals surface area (Å²) in [5.41, 5.74) is 3.96. The minimum atomic E-state index is -3.43. The first-order valence-corrected chi connectivity index (χ1v) is 14.8. The Morgan fingerprint density at radius 2 is 1.90 bits per heavy atom. The number of hydrogen-bond acceptors (Lipinski definition) is 9. The van der Waals surface area contributed by atoms with Gasteiger partial charge < -0.3 is 15.5 Å². The zero-order valence-corrected chi connectivity index (χ0v) is 22.6. The SMILES string of the molecule is Cc1ccc(C(=O)NCc2cc3nc(-c4ccnc(N5CCNC6(CC6)C5)n4)ccc3cn2)cc1S(C)(=O)=O. The highest BCUT2D eigenvalue weighted by Crippen LogP contribution is 2.38. The number of rotatable bonds is 6. The minimum absolute atomic E-state index is 0.146. The number of sulfone groups is 1. The Kier molecular flexibility index (Phi) is 6.27. The zero-order valence-electron chi connectivity index (χ0n) is 21.8. The van der Waals surface area contributed by atoms with Crippen molar-refractivity contribution in [2.24, 2.45) is 0 Å². The second-order valence-electron chi connectivity index (χ2n) is 10.4. The molecule has 0 bridgehead atoms. The van der Waals surface area contributed by atoms with E-state index < -0.39 is 9.84 Å². The van der Waals surface area contributed by atoms with Crippen LogP contribution in [0.15, 0.2) is 59.8 Å². The number of carbonyl (C=O) groups excluding carboxylic acids is 1. The quantitative estimate of drug-likeness (QED) is 0.377. The van der Waals surface area contributed by atoms with Gasteiger partial charge in [-0.25, -0.2) is 23.4 Å². The molecule has 0 unspecified atom stereocenters. The van der Waals surface area contributed by atoms with E-state index in [1.807, 2.05) is 24.3 Å². The van der Waals surface area contributed by atoms with Crippen LogP contribution in [0.4, 0.5) is 5.95 Å². The Balaban J connectivity index is 1.20. The number of pyridine rings is 2. The van der Waals surface area contributed by atoms with Crippen molar-refractivity contribution in [3.05, 3.63) is 71.7 Å². The number of amides is 1. The summed E-state index contributed by atoms with van der Waals surface area (Å²) in [6.45, 7) is 4.59. The fourth-order valence-corrected chi connectivity index (χ4v) is 5.96. The number of aromatic nitrogens is 4. The van der Waals surface area contributed by atoms with Crippen LogP contribution in [-0.2, 0) is 16.4 Å². The number of anilines is 1. The highest BCUT2D eigenvalue weighted by atomic mass is 32.2. The molecule has 6 rings (SSSR count). The maximum atomic E-state index is 12.7. The lowest BCUT2D eigenvalue weighted by atomic mass is 10.1. The summed E-state index contributed by atoms with van der Waals surface area (Å²) < 4.78 is 24.1. The van der Waals surface area contributed by atoms with Crippen molar-refractivity contribution < 1.29 is 13.2 Å². The van der Waals surface area contributed by atoms with Crippen molar-refractivity contribution in [3.8, 4) is 11.4 Å². The minimum Gasteiger partial charge on any atom is -0.346 e. The highest BCUT2D eigenvalue weighted by Gasteiger charge is 2.46. The third-order valence-corrected chi connectivity index (χ3v) is 8.57. The van der Waals surface area contributed by atoms with Crippen LogP contribution in [0, 0.1) is 6.92 Å². The molecular formula is C28H29N7O3S. The van der Waals surface area contributed by atoms with Crippen molar-refractivity contribution in [1.82, 2.24) is 30.6 Å². The largest absolute Gasteiger partial charge is 0.346 e. The van der Waals surface area contributed by atoms with Gasteiger partial charge in [0.25, 0.3) is 5.91 Å². The summed E-state index contributed by atoms with van der Waals surface area (Å²) in [5, 5.41) is 7.31. The number of benzene rings is 1. The molecule has 2 N–H and O–H groups in total. The molecule has 4 heterocycles. The average molecular weight is 544 g/mol. The van der Waals surface area contributed by atoms with Crippen LogP contribution in [0.1, 0.15) is 34.5 Å². The van der Waals surface area contributed by atoms with E-state index in [1.54, 1.807) is 31.5 Å². The monoisotopic (exact) mass is 543 g/mol. The van der Waals surface area contributed by atoms with Crippen molar-refractivity contribution in [3.63, 3.8) is 0 Å². The molecule has 1 aromatic carbocycles. The summed E-state index contributed by atoms with van der Waals surface area (Å²) >= 11 is 0. The van der Waals surface area contributed by atoms with Gasteiger partial charge in [0, 0.05) is 54.8 Å². The van der Waals surface area contributed by atoms with Crippen LogP contribution < -0.4 is 15.5 Å². The maximum Gasteiger partial charge on any atom is 0.251 e. The molecule has 10 nitrogen and oxygen atoms in total. The topological polar surface area (TPSA) is 130 Å². The van der Waals surface area contributed by atoms with Crippen LogP contribution in [0.25, 0.3) is 22.3 Å². The zero-order chi connectivity index (χ0) is 27.2. The highest BCUT2D eigenvalue weighted by molar-refractivity contribution is 7.90. The Hall–Kier alpha value is -3.96. The van der Waals surface area contributed by atoms with E-state index in [0.29, 0.717) is 11.3 Å². The van der Waals surface area contributed by atoms with E-state index in [-0.39, 0.29) is 28.4 Å². The molecule has 3 aromatic heterocycles. The van der Waals surface area contributed by atoms with Crippen LogP contribution in [0.2, 0.25) is 0 Å². The number of fused-ring (bicyclic) bond motifs is 1. The van der Waals surface area contributed by atoms with E-state index in [9.17, 15) is 13.2 Å². The van der Waals surface area contributed by atoms with Gasteiger partial charge in [-0.15, -0.1) is 0 Å². The van der Waals surface area contributed by atoms with Crippen molar-refractivity contribution in [2.45, 2.75) is 36.7 Å². The molecule has 0 atom stereocenters. The van der Waals surface area contributed by atoms with Gasteiger partial charge in [-0.3, -0.25) is 9.78 Å². The average Bonchev–Trinajstić information content (AvgIpc) is 3.68. The molecule has 1 saturated heterocycles. The molecule has 1 spiro atoms. The molecule has 1 saturated carbocycles. The fourth-order valence-electron chi connectivity index (χ4n) is 4.97. The number of piperazine rings is 1. The summed E-state index contributed by atoms with van der Waals surface area (Å²) in [5.74, 6) is 0.341. The van der Waals surface area contributed by atoms with Gasteiger partial charge in [0.05, 0.1) is 34.0 Å². The van der Waals surface area contributed by atoms with Gasteiger partial charge >= 0.3 is 0 Å². The molecule has 11 heteroatoms. The summed E-state index contributed by atoms with van der Waals surface area (Å²) in [4.78, 5) is 33.8. The lowest BCUT2D eigenvalue weighted by Crippen LogP contribution is -2.53. The lowest BCUT2D eigenvalue weighted by molar-refractivity contribution is 0.0950. The summed E-state index contributed by atoms with van der Waals surface area (Å²) in [6, 6.07) is 12.2. The molecule has 1 aliphatic heterocycles. The second kappa shape index (κ2) is 9.65. The van der Waals surface area contributed by atoms with E-state index in [4.69, 9.17) is 9.97 Å². The summed E-state index contributed by atoms with van der Waals surface area (Å²) in [6.07, 6.45) is 7.02. The van der Waals surface area contributed by atoms with Crippen LogP contribution in [0.5, 0.6) is 0 Å². The first-order chi connectivity index (χ1) is 18.7. The van der Waals surface area contributed by atoms with Crippen molar-refractivity contribution >= 4 is 32.6 Å². The molecule has 0 radical (unpaired) electrons. The van der Waals surface area contributed by atoms with Gasteiger partial charge in [-0.1, -0.05) is 6.07 Å². The van der Waals surface area contributed by atoms with Crippen molar-refractivity contribution in [2.75, 3.05) is 30.8 Å². The molecule has 4 aromatic rings. The Morgan fingerprint density at radius 1 is 1.08 bits per heavy atom. The van der Waals surface area contributed by atoms with Gasteiger partial charge in [0.2, 0.25) is 5.95 Å². The molecular weight excluding hydrogens is 514 g/mol. The normalized spacial score (nSPS) is 16.4. The van der Waals surface area contributed by atoms with Gasteiger partial charge in [0.15, 0.2) is 9.84 Å². The third kappa shape index (κ3) is 5.32. The maximum absolute atomic E-state index is 12.7. The second-order valence-corrected chi connectivity index (χ2v) is 12.4. The van der Waals surface area contributed by atoms with Crippen LogP contribution >= 0.6 is 0 Å². The van der Waals surface area contributed by atoms with E-state index in [2.05, 4.69) is 25.5 Å². The van der Waals surface area contributed by atoms with Gasteiger partial charge in [0.1, 0.15) is 0 Å². The predicted octanol–water partition coefficient (Wildman–Crippen LogP) is 2.67. The van der Waals surface area contributed by atoms with E-state index >= 15 is 0 Å². The first-order valence-electron chi connectivity index (χ1n) is 12.9. The predicted molar refractivity (Wildman–Crippen MR) is 148 cm³/mol. The Labute approximate surface area is 226 Å². The number of hydrogen-bond donors (Lipinski definition) is 2. The summed E-state index contributed by atoms with van der Waals surface area (Å²) in [7, 11) is -3.43. The van der Waals surface area contributed by atoms with Gasteiger partial charge in [-0.05, 0) is 61.7 Å². The first kappa shape index (κ1) is 25.3. The number of nitrogens with zero attached hydrogens (tertiary/aromatic N) is 5. The van der Waals surface area contributed by atoms with E-state index in [0.717, 1.165) is 54.1 Å².